The highest BCUT2D eigenvalue weighted by atomic mass is 16.2. The van der Waals surface area contributed by atoms with Gasteiger partial charge in [-0.05, 0) is 60.0 Å². The first-order valence-electron chi connectivity index (χ1n) is 11.0. The number of hydrogen-bond donors (Lipinski definition) is 1. The van der Waals surface area contributed by atoms with E-state index in [0.29, 0.717) is 6.04 Å². The van der Waals surface area contributed by atoms with Crippen LogP contribution >= 0.6 is 0 Å². The minimum absolute atomic E-state index is 0.181. The smallest absolute Gasteiger partial charge is 0.255 e. The van der Waals surface area contributed by atoms with E-state index in [4.69, 9.17) is 0 Å². The minimum atomic E-state index is 0.181. The molecule has 3 aromatic rings. The van der Waals surface area contributed by atoms with Gasteiger partial charge in [-0.15, -0.1) is 0 Å². The Kier molecular flexibility index (Phi) is 5.21. The van der Waals surface area contributed by atoms with Gasteiger partial charge >= 0.3 is 0 Å². The van der Waals surface area contributed by atoms with Crippen LogP contribution in [0.5, 0.6) is 0 Å². The van der Waals surface area contributed by atoms with Crippen LogP contribution in [0.15, 0.2) is 54.6 Å². The van der Waals surface area contributed by atoms with Gasteiger partial charge in [0.2, 0.25) is 0 Å². The van der Waals surface area contributed by atoms with Crippen LogP contribution in [0.1, 0.15) is 29.6 Å². The maximum Gasteiger partial charge on any atom is 0.255 e. The minimum Gasteiger partial charge on any atom is -0.336 e. The standard InChI is InChI=1S/C25H29N3O/c29-25(28-16-14-27(15-17-28)21-8-5-12-26-13-11-21)24-22-9-3-1-6-19(22)18-20-7-2-4-10-23(20)24/h1-4,6-7,9-10,18,21,26H,5,8,11-17H2. The third kappa shape index (κ3) is 3.63. The molecule has 1 N–H and O–H groups in total. The van der Waals surface area contributed by atoms with Gasteiger partial charge in [-0.2, -0.15) is 0 Å². The van der Waals surface area contributed by atoms with Gasteiger partial charge in [0.05, 0.1) is 5.56 Å². The molecule has 2 aliphatic heterocycles. The molecule has 0 bridgehead atoms. The summed E-state index contributed by atoms with van der Waals surface area (Å²) < 4.78 is 0. The third-order valence-corrected chi connectivity index (χ3v) is 6.65. The number of piperazine rings is 1. The van der Waals surface area contributed by atoms with E-state index in [0.717, 1.165) is 66.4 Å². The lowest BCUT2D eigenvalue weighted by Crippen LogP contribution is -2.52. The highest BCUT2D eigenvalue weighted by molar-refractivity contribution is 6.18. The van der Waals surface area contributed by atoms with Crippen LogP contribution in [0.2, 0.25) is 0 Å². The molecular weight excluding hydrogens is 358 g/mol. The number of carbonyl (C=O) groups excluding carboxylic acids is 1. The fraction of sp³-hybridized carbons (Fsp3) is 0.400. The molecule has 0 aromatic heterocycles. The summed E-state index contributed by atoms with van der Waals surface area (Å²) in [5.41, 5.74) is 0.866. The fourth-order valence-electron chi connectivity index (χ4n) is 5.06. The molecule has 29 heavy (non-hydrogen) atoms. The second kappa shape index (κ2) is 8.13. The second-order valence-corrected chi connectivity index (χ2v) is 8.36. The highest BCUT2D eigenvalue weighted by Gasteiger charge is 2.28. The van der Waals surface area contributed by atoms with Crippen molar-refractivity contribution in [2.75, 3.05) is 39.3 Å². The average molecular weight is 388 g/mol. The molecule has 2 heterocycles. The first kappa shape index (κ1) is 18.6. The summed E-state index contributed by atoms with van der Waals surface area (Å²) in [6, 6.07) is 19.4. The number of nitrogens with one attached hydrogen (secondary N) is 1. The van der Waals surface area contributed by atoms with Crippen LogP contribution in [-0.4, -0.2) is 61.0 Å². The van der Waals surface area contributed by atoms with E-state index in [1.54, 1.807) is 0 Å². The Morgan fingerprint density at radius 1 is 0.828 bits per heavy atom. The lowest BCUT2D eigenvalue weighted by molar-refractivity contribution is 0.0558. The molecule has 4 heteroatoms. The molecule has 0 aliphatic carbocycles. The second-order valence-electron chi connectivity index (χ2n) is 8.36. The Morgan fingerprint density at radius 3 is 2.17 bits per heavy atom. The van der Waals surface area contributed by atoms with Crippen molar-refractivity contribution in [3.05, 3.63) is 60.2 Å². The van der Waals surface area contributed by atoms with Crippen molar-refractivity contribution in [2.24, 2.45) is 0 Å². The Hall–Kier alpha value is -2.43. The zero-order chi connectivity index (χ0) is 19.6. The molecule has 150 valence electrons. The number of rotatable bonds is 2. The molecule has 0 spiro atoms. The molecule has 2 fully saturated rings. The Balaban J connectivity index is 1.41. The van der Waals surface area contributed by atoms with Gasteiger partial charge in [0, 0.05) is 32.2 Å². The van der Waals surface area contributed by atoms with E-state index < -0.39 is 0 Å². The lowest BCUT2D eigenvalue weighted by atomic mass is 9.95. The molecule has 2 saturated heterocycles. The topological polar surface area (TPSA) is 35.6 Å². The van der Waals surface area contributed by atoms with Crippen LogP contribution in [0, 0.1) is 0 Å². The first-order valence-corrected chi connectivity index (χ1v) is 11.0. The van der Waals surface area contributed by atoms with Crippen molar-refractivity contribution < 1.29 is 4.79 Å². The number of amides is 1. The van der Waals surface area contributed by atoms with Crippen LogP contribution in [0.4, 0.5) is 0 Å². The van der Waals surface area contributed by atoms with Crippen molar-refractivity contribution >= 4 is 27.5 Å². The van der Waals surface area contributed by atoms with Crippen LogP contribution in [0.25, 0.3) is 21.5 Å². The average Bonchev–Trinajstić information content (AvgIpc) is 3.07. The number of benzene rings is 3. The lowest BCUT2D eigenvalue weighted by Gasteiger charge is -2.39. The van der Waals surface area contributed by atoms with Crippen molar-refractivity contribution in [3.8, 4) is 0 Å². The predicted octanol–water partition coefficient (Wildman–Crippen LogP) is 3.89. The molecule has 3 aromatic carbocycles. The quantitative estimate of drug-likeness (QED) is 0.678. The molecule has 2 aliphatic rings. The number of fused-ring (bicyclic) bond motifs is 2. The number of carbonyl (C=O) groups is 1. The van der Waals surface area contributed by atoms with Crippen molar-refractivity contribution in [1.29, 1.82) is 0 Å². The van der Waals surface area contributed by atoms with E-state index in [-0.39, 0.29) is 5.91 Å². The van der Waals surface area contributed by atoms with Gasteiger partial charge in [-0.25, -0.2) is 0 Å². The molecule has 0 saturated carbocycles. The van der Waals surface area contributed by atoms with Gasteiger partial charge in [0.1, 0.15) is 0 Å². The van der Waals surface area contributed by atoms with E-state index in [1.807, 2.05) is 24.3 Å². The molecular formula is C25H29N3O. The molecule has 4 nitrogen and oxygen atoms in total. The maximum absolute atomic E-state index is 13.7. The Bertz CT molecular complexity index is 961. The van der Waals surface area contributed by atoms with Crippen LogP contribution in [0.3, 0.4) is 0 Å². The zero-order valence-corrected chi connectivity index (χ0v) is 16.9. The summed E-state index contributed by atoms with van der Waals surface area (Å²) in [6.45, 7) is 5.87. The van der Waals surface area contributed by atoms with Gasteiger partial charge in [0.15, 0.2) is 0 Å². The number of nitrogens with zero attached hydrogens (tertiary/aromatic N) is 2. The Labute approximate surface area is 172 Å². The first-order chi connectivity index (χ1) is 14.3. The summed E-state index contributed by atoms with van der Waals surface area (Å²) >= 11 is 0. The van der Waals surface area contributed by atoms with Crippen LogP contribution in [-0.2, 0) is 0 Å². The zero-order valence-electron chi connectivity index (χ0n) is 16.9. The normalized spacial score (nSPS) is 21.4. The van der Waals surface area contributed by atoms with E-state index >= 15 is 0 Å². The van der Waals surface area contributed by atoms with Gasteiger partial charge in [0.25, 0.3) is 5.91 Å². The van der Waals surface area contributed by atoms with E-state index in [9.17, 15) is 4.79 Å². The molecule has 1 atom stereocenters. The summed E-state index contributed by atoms with van der Waals surface area (Å²) in [5.74, 6) is 0.181. The van der Waals surface area contributed by atoms with Gasteiger partial charge in [-0.1, -0.05) is 48.5 Å². The fourth-order valence-corrected chi connectivity index (χ4v) is 5.06. The summed E-state index contributed by atoms with van der Waals surface area (Å²) in [6.07, 6.45) is 3.75. The molecule has 1 amide bonds. The molecule has 0 radical (unpaired) electrons. The van der Waals surface area contributed by atoms with Crippen molar-refractivity contribution in [3.63, 3.8) is 0 Å². The predicted molar refractivity (Wildman–Crippen MR) is 119 cm³/mol. The van der Waals surface area contributed by atoms with Gasteiger partial charge in [-0.3, -0.25) is 9.69 Å². The largest absolute Gasteiger partial charge is 0.336 e. The van der Waals surface area contributed by atoms with Gasteiger partial charge < -0.3 is 10.2 Å². The summed E-state index contributed by atoms with van der Waals surface area (Å²) in [4.78, 5) is 18.3. The molecule has 1 unspecified atom stereocenters. The molecule has 5 rings (SSSR count). The SMILES string of the molecule is O=C(c1c2ccccc2cc2ccccc12)N1CCN(C2CCCNCC2)CC1. The van der Waals surface area contributed by atoms with Crippen LogP contribution < -0.4 is 5.32 Å². The number of hydrogen-bond acceptors (Lipinski definition) is 3. The monoisotopic (exact) mass is 387 g/mol. The highest BCUT2D eigenvalue weighted by Crippen LogP contribution is 2.30. The van der Waals surface area contributed by atoms with Crippen molar-refractivity contribution in [1.82, 2.24) is 15.1 Å². The third-order valence-electron chi connectivity index (χ3n) is 6.65. The Morgan fingerprint density at radius 2 is 1.48 bits per heavy atom. The van der Waals surface area contributed by atoms with E-state index in [1.165, 1.54) is 19.3 Å². The van der Waals surface area contributed by atoms with E-state index in [2.05, 4.69) is 45.4 Å². The van der Waals surface area contributed by atoms with Crippen molar-refractivity contribution in [2.45, 2.75) is 25.3 Å². The summed E-state index contributed by atoms with van der Waals surface area (Å²) in [5, 5.41) is 7.91. The summed E-state index contributed by atoms with van der Waals surface area (Å²) in [7, 11) is 0. The maximum atomic E-state index is 13.7.